The molecule has 1 aromatic rings. The molecule has 0 aliphatic carbocycles. The quantitative estimate of drug-likeness (QED) is 0.687. The molecule has 0 spiro atoms. The first-order chi connectivity index (χ1) is 11.1. The largest absolute Gasteiger partial charge is 0.493 e. The molecule has 0 atom stereocenters. The first kappa shape index (κ1) is 18.8. The molecule has 0 saturated heterocycles. The third kappa shape index (κ3) is 7.04. The van der Waals surface area contributed by atoms with Crippen LogP contribution in [0.3, 0.4) is 0 Å². The van der Waals surface area contributed by atoms with E-state index in [0.717, 1.165) is 18.4 Å². The van der Waals surface area contributed by atoms with Crippen LogP contribution in [0.5, 0.6) is 11.5 Å². The summed E-state index contributed by atoms with van der Waals surface area (Å²) in [6.45, 7) is 2.54. The molecule has 128 valence electrons. The highest BCUT2D eigenvalue weighted by atomic mass is 16.5. The first-order valence-corrected chi connectivity index (χ1v) is 7.85. The van der Waals surface area contributed by atoms with E-state index >= 15 is 0 Å². The molecular weight excluding hydrogens is 296 g/mol. The van der Waals surface area contributed by atoms with E-state index < -0.39 is 0 Å². The number of ether oxygens (including phenoxy) is 2. The van der Waals surface area contributed by atoms with Crippen molar-refractivity contribution in [3.05, 3.63) is 23.8 Å². The van der Waals surface area contributed by atoms with Gasteiger partial charge in [-0.25, -0.2) is 0 Å². The lowest BCUT2D eigenvalue weighted by atomic mass is 10.1. The number of amides is 2. The van der Waals surface area contributed by atoms with Crippen LogP contribution in [0.2, 0.25) is 0 Å². The number of rotatable bonds is 10. The molecule has 2 amide bonds. The maximum absolute atomic E-state index is 11.7. The van der Waals surface area contributed by atoms with Crippen LogP contribution >= 0.6 is 0 Å². The van der Waals surface area contributed by atoms with Gasteiger partial charge in [0, 0.05) is 13.0 Å². The number of hydrogen-bond donors (Lipinski definition) is 2. The normalized spacial score (nSPS) is 10.0. The van der Waals surface area contributed by atoms with Crippen molar-refractivity contribution in [3.8, 4) is 11.5 Å². The number of methoxy groups -OCH3 is 2. The number of benzene rings is 1. The molecule has 2 N–H and O–H groups in total. The molecule has 6 nitrogen and oxygen atoms in total. The fourth-order valence-corrected chi connectivity index (χ4v) is 2.05. The highest BCUT2D eigenvalue weighted by Gasteiger charge is 2.06. The summed E-state index contributed by atoms with van der Waals surface area (Å²) in [5, 5.41) is 5.39. The topological polar surface area (TPSA) is 76.7 Å². The second-order valence-corrected chi connectivity index (χ2v) is 5.17. The van der Waals surface area contributed by atoms with E-state index in [1.165, 1.54) is 0 Å². The van der Waals surface area contributed by atoms with Crippen molar-refractivity contribution in [2.75, 3.05) is 27.3 Å². The molecule has 1 rings (SSSR count). The first-order valence-electron chi connectivity index (χ1n) is 7.85. The standard InChI is InChI=1S/C17H26N2O4/c1-4-5-6-16(20)19-12-17(21)18-10-9-13-7-8-14(22-2)15(11-13)23-3/h7-8,11H,4-6,9-10,12H2,1-3H3,(H,18,21)(H,19,20). The molecule has 0 radical (unpaired) electrons. The second-order valence-electron chi connectivity index (χ2n) is 5.17. The minimum absolute atomic E-state index is 0.0223. The molecule has 23 heavy (non-hydrogen) atoms. The fourth-order valence-electron chi connectivity index (χ4n) is 2.05. The van der Waals surface area contributed by atoms with Crippen molar-refractivity contribution in [3.63, 3.8) is 0 Å². The summed E-state index contributed by atoms with van der Waals surface area (Å²) >= 11 is 0. The Morgan fingerprint density at radius 2 is 1.78 bits per heavy atom. The molecular formula is C17H26N2O4. The van der Waals surface area contributed by atoms with E-state index in [2.05, 4.69) is 10.6 Å². The Morgan fingerprint density at radius 3 is 2.43 bits per heavy atom. The zero-order chi connectivity index (χ0) is 17.1. The fraction of sp³-hybridized carbons (Fsp3) is 0.529. The highest BCUT2D eigenvalue weighted by molar-refractivity contribution is 5.84. The zero-order valence-electron chi connectivity index (χ0n) is 14.1. The second kappa shape index (κ2) is 10.5. The third-order valence-electron chi connectivity index (χ3n) is 3.39. The van der Waals surface area contributed by atoms with Crippen LogP contribution < -0.4 is 20.1 Å². The van der Waals surface area contributed by atoms with Crippen LogP contribution in [0.25, 0.3) is 0 Å². The van der Waals surface area contributed by atoms with Crippen molar-refractivity contribution in [1.29, 1.82) is 0 Å². The van der Waals surface area contributed by atoms with Gasteiger partial charge in [-0.1, -0.05) is 19.4 Å². The van der Waals surface area contributed by atoms with E-state index in [0.29, 0.717) is 30.9 Å². The Kier molecular flexibility index (Phi) is 8.57. The Labute approximate surface area is 137 Å². The molecule has 0 aliphatic heterocycles. The number of hydrogen-bond acceptors (Lipinski definition) is 4. The van der Waals surface area contributed by atoms with Crippen molar-refractivity contribution < 1.29 is 19.1 Å². The van der Waals surface area contributed by atoms with Gasteiger partial charge in [0.1, 0.15) is 0 Å². The van der Waals surface area contributed by atoms with E-state index in [-0.39, 0.29) is 18.4 Å². The number of unbranched alkanes of at least 4 members (excludes halogenated alkanes) is 1. The van der Waals surface area contributed by atoms with E-state index in [9.17, 15) is 9.59 Å². The van der Waals surface area contributed by atoms with Gasteiger partial charge < -0.3 is 20.1 Å². The van der Waals surface area contributed by atoms with Crippen molar-refractivity contribution >= 4 is 11.8 Å². The predicted molar refractivity (Wildman–Crippen MR) is 88.8 cm³/mol. The zero-order valence-corrected chi connectivity index (χ0v) is 14.1. The molecule has 0 heterocycles. The summed E-state index contributed by atoms with van der Waals surface area (Å²) in [5.41, 5.74) is 1.04. The van der Waals surface area contributed by atoms with Crippen LogP contribution in [-0.4, -0.2) is 39.1 Å². The summed E-state index contributed by atoms with van der Waals surface area (Å²) in [6.07, 6.45) is 2.95. The minimum Gasteiger partial charge on any atom is -0.493 e. The minimum atomic E-state index is -0.185. The van der Waals surface area contributed by atoms with Crippen LogP contribution in [0.4, 0.5) is 0 Å². The van der Waals surface area contributed by atoms with E-state index in [4.69, 9.17) is 9.47 Å². The predicted octanol–water partition coefficient (Wildman–Crippen LogP) is 1.67. The maximum atomic E-state index is 11.7. The summed E-state index contributed by atoms with van der Waals surface area (Å²) in [6, 6.07) is 5.65. The van der Waals surface area contributed by atoms with Gasteiger partial charge in [-0.05, 0) is 30.5 Å². The van der Waals surface area contributed by atoms with Crippen LogP contribution in [-0.2, 0) is 16.0 Å². The van der Waals surface area contributed by atoms with Gasteiger partial charge in [0.25, 0.3) is 0 Å². The van der Waals surface area contributed by atoms with Crippen LogP contribution in [0, 0.1) is 0 Å². The Hall–Kier alpha value is -2.24. The Balaban J connectivity index is 2.31. The van der Waals surface area contributed by atoms with E-state index in [1.54, 1.807) is 14.2 Å². The maximum Gasteiger partial charge on any atom is 0.239 e. The molecule has 0 aromatic heterocycles. The summed E-state index contributed by atoms with van der Waals surface area (Å²) in [7, 11) is 3.18. The Morgan fingerprint density at radius 1 is 1.04 bits per heavy atom. The Bertz CT molecular complexity index is 517. The molecule has 0 aliphatic rings. The van der Waals surface area contributed by atoms with Crippen molar-refractivity contribution in [2.24, 2.45) is 0 Å². The summed E-state index contributed by atoms with van der Waals surface area (Å²) < 4.78 is 10.4. The summed E-state index contributed by atoms with van der Waals surface area (Å²) in [4.78, 5) is 23.1. The van der Waals surface area contributed by atoms with Gasteiger partial charge in [0.2, 0.25) is 11.8 Å². The lowest BCUT2D eigenvalue weighted by molar-refractivity contribution is -0.126. The van der Waals surface area contributed by atoms with Gasteiger partial charge in [0.15, 0.2) is 11.5 Å². The molecule has 0 saturated carbocycles. The average Bonchev–Trinajstić information content (AvgIpc) is 2.57. The SMILES string of the molecule is CCCCC(=O)NCC(=O)NCCc1ccc(OC)c(OC)c1. The smallest absolute Gasteiger partial charge is 0.239 e. The molecule has 0 unspecified atom stereocenters. The molecule has 0 bridgehead atoms. The molecule has 6 heteroatoms. The van der Waals surface area contributed by atoms with Crippen molar-refractivity contribution in [2.45, 2.75) is 32.6 Å². The van der Waals surface area contributed by atoms with Gasteiger partial charge in [-0.15, -0.1) is 0 Å². The average molecular weight is 322 g/mol. The van der Waals surface area contributed by atoms with Gasteiger partial charge in [0.05, 0.1) is 20.8 Å². The number of nitrogens with one attached hydrogen (secondary N) is 2. The monoisotopic (exact) mass is 322 g/mol. The lowest BCUT2D eigenvalue weighted by Crippen LogP contribution is -2.37. The molecule has 0 fully saturated rings. The third-order valence-corrected chi connectivity index (χ3v) is 3.39. The van der Waals surface area contributed by atoms with Gasteiger partial charge in [-0.2, -0.15) is 0 Å². The van der Waals surface area contributed by atoms with Gasteiger partial charge in [-0.3, -0.25) is 9.59 Å². The van der Waals surface area contributed by atoms with Gasteiger partial charge >= 0.3 is 0 Å². The molecule has 1 aromatic carbocycles. The van der Waals surface area contributed by atoms with Crippen molar-refractivity contribution in [1.82, 2.24) is 10.6 Å². The van der Waals surface area contributed by atoms with Crippen LogP contribution in [0.1, 0.15) is 31.7 Å². The number of carbonyl (C=O) groups is 2. The lowest BCUT2D eigenvalue weighted by Gasteiger charge is -2.10. The number of carbonyl (C=O) groups excluding carboxylic acids is 2. The van der Waals surface area contributed by atoms with Crippen LogP contribution in [0.15, 0.2) is 18.2 Å². The van der Waals surface area contributed by atoms with E-state index in [1.807, 2.05) is 25.1 Å². The summed E-state index contributed by atoms with van der Waals surface area (Å²) in [5.74, 6) is 1.08. The highest BCUT2D eigenvalue weighted by Crippen LogP contribution is 2.27.